The topological polar surface area (TPSA) is 15.3 Å². The van der Waals surface area contributed by atoms with Crippen LogP contribution in [0, 0.1) is 5.92 Å². The number of hydrogen-bond acceptors (Lipinski definition) is 2. The van der Waals surface area contributed by atoms with Gasteiger partial charge in [0, 0.05) is 18.6 Å². The molecule has 2 aliphatic rings. The van der Waals surface area contributed by atoms with Crippen molar-refractivity contribution in [2.24, 2.45) is 5.92 Å². The highest BCUT2D eigenvalue weighted by molar-refractivity contribution is 4.86. The SMILES string of the molecule is CCC1CCCN1CC(NC)C1CCCC1. The summed E-state index contributed by atoms with van der Waals surface area (Å²) >= 11 is 0. The summed E-state index contributed by atoms with van der Waals surface area (Å²) in [4.78, 5) is 2.74. The summed E-state index contributed by atoms with van der Waals surface area (Å²) in [6.45, 7) is 4.97. The highest BCUT2D eigenvalue weighted by atomic mass is 15.2. The summed E-state index contributed by atoms with van der Waals surface area (Å²) in [5.74, 6) is 0.947. The molecular weight excluding hydrogens is 196 g/mol. The Labute approximate surface area is 101 Å². The van der Waals surface area contributed by atoms with Gasteiger partial charge in [0.05, 0.1) is 0 Å². The van der Waals surface area contributed by atoms with Crippen LogP contribution in [0.2, 0.25) is 0 Å². The van der Waals surface area contributed by atoms with Crippen molar-refractivity contribution in [2.45, 2.75) is 64.0 Å². The van der Waals surface area contributed by atoms with Crippen LogP contribution < -0.4 is 5.32 Å². The molecule has 0 bridgehead atoms. The fraction of sp³-hybridized carbons (Fsp3) is 1.00. The van der Waals surface area contributed by atoms with Crippen molar-refractivity contribution < 1.29 is 0 Å². The van der Waals surface area contributed by atoms with Gasteiger partial charge in [-0.2, -0.15) is 0 Å². The average molecular weight is 224 g/mol. The fourth-order valence-electron chi connectivity index (χ4n) is 3.69. The summed E-state index contributed by atoms with van der Waals surface area (Å²) in [5.41, 5.74) is 0. The van der Waals surface area contributed by atoms with E-state index in [2.05, 4.69) is 24.2 Å². The van der Waals surface area contributed by atoms with Crippen molar-refractivity contribution in [3.05, 3.63) is 0 Å². The zero-order valence-electron chi connectivity index (χ0n) is 11.0. The van der Waals surface area contributed by atoms with Crippen molar-refractivity contribution in [3.8, 4) is 0 Å². The van der Waals surface area contributed by atoms with E-state index >= 15 is 0 Å². The Morgan fingerprint density at radius 3 is 2.56 bits per heavy atom. The van der Waals surface area contributed by atoms with Crippen molar-refractivity contribution in [3.63, 3.8) is 0 Å². The molecule has 1 aliphatic carbocycles. The molecule has 2 heteroatoms. The van der Waals surface area contributed by atoms with Crippen LogP contribution in [0.1, 0.15) is 51.9 Å². The van der Waals surface area contributed by atoms with Gasteiger partial charge in [-0.3, -0.25) is 4.90 Å². The van der Waals surface area contributed by atoms with Crippen LogP contribution in [0.25, 0.3) is 0 Å². The third kappa shape index (κ3) is 2.78. The molecule has 2 fully saturated rings. The van der Waals surface area contributed by atoms with Crippen molar-refractivity contribution in [1.29, 1.82) is 0 Å². The molecule has 2 unspecified atom stereocenters. The van der Waals surface area contributed by atoms with Crippen LogP contribution in [0.4, 0.5) is 0 Å². The first-order chi connectivity index (χ1) is 7.85. The van der Waals surface area contributed by atoms with E-state index in [1.807, 2.05) is 0 Å². The highest BCUT2D eigenvalue weighted by Crippen LogP contribution is 2.29. The predicted molar refractivity (Wildman–Crippen MR) is 69.7 cm³/mol. The molecule has 16 heavy (non-hydrogen) atoms. The third-order valence-electron chi connectivity index (χ3n) is 4.74. The molecule has 0 spiro atoms. The normalized spacial score (nSPS) is 30.0. The summed E-state index contributed by atoms with van der Waals surface area (Å²) in [7, 11) is 2.15. The average Bonchev–Trinajstić information content (AvgIpc) is 2.96. The zero-order valence-corrected chi connectivity index (χ0v) is 11.0. The van der Waals surface area contributed by atoms with Crippen LogP contribution in [0.3, 0.4) is 0 Å². The van der Waals surface area contributed by atoms with E-state index < -0.39 is 0 Å². The number of rotatable bonds is 5. The van der Waals surface area contributed by atoms with Gasteiger partial charge in [-0.05, 0) is 51.6 Å². The van der Waals surface area contributed by atoms with E-state index in [9.17, 15) is 0 Å². The monoisotopic (exact) mass is 224 g/mol. The molecule has 2 atom stereocenters. The van der Waals surface area contributed by atoms with E-state index in [0.29, 0.717) is 0 Å². The molecular formula is C14H28N2. The van der Waals surface area contributed by atoms with Crippen LogP contribution in [0.15, 0.2) is 0 Å². The van der Waals surface area contributed by atoms with Crippen molar-refractivity contribution in [2.75, 3.05) is 20.1 Å². The maximum atomic E-state index is 3.57. The molecule has 1 aliphatic heterocycles. The lowest BCUT2D eigenvalue weighted by Gasteiger charge is -2.31. The van der Waals surface area contributed by atoms with Gasteiger partial charge in [-0.15, -0.1) is 0 Å². The molecule has 1 saturated carbocycles. The van der Waals surface area contributed by atoms with E-state index in [1.165, 1.54) is 58.0 Å². The lowest BCUT2D eigenvalue weighted by Crippen LogP contribution is -2.45. The van der Waals surface area contributed by atoms with Gasteiger partial charge < -0.3 is 5.32 Å². The third-order valence-corrected chi connectivity index (χ3v) is 4.74. The predicted octanol–water partition coefficient (Wildman–Crippen LogP) is 2.64. The molecule has 2 nitrogen and oxygen atoms in total. The second-order valence-corrected chi connectivity index (χ2v) is 5.64. The maximum Gasteiger partial charge on any atom is 0.0220 e. The lowest BCUT2D eigenvalue weighted by molar-refractivity contribution is 0.196. The Bertz CT molecular complexity index is 199. The fourth-order valence-corrected chi connectivity index (χ4v) is 3.69. The molecule has 0 amide bonds. The largest absolute Gasteiger partial charge is 0.315 e. The van der Waals surface area contributed by atoms with E-state index in [4.69, 9.17) is 0 Å². The molecule has 0 radical (unpaired) electrons. The van der Waals surface area contributed by atoms with Gasteiger partial charge >= 0.3 is 0 Å². The summed E-state index contributed by atoms with van der Waals surface area (Å²) < 4.78 is 0. The first-order valence-corrected chi connectivity index (χ1v) is 7.26. The second kappa shape index (κ2) is 6.02. The van der Waals surface area contributed by atoms with Gasteiger partial charge in [0.2, 0.25) is 0 Å². The Balaban J connectivity index is 1.85. The molecule has 94 valence electrons. The highest BCUT2D eigenvalue weighted by Gasteiger charge is 2.29. The van der Waals surface area contributed by atoms with Gasteiger partial charge in [0.25, 0.3) is 0 Å². The lowest BCUT2D eigenvalue weighted by atomic mass is 9.97. The Kier molecular flexibility index (Phi) is 4.66. The van der Waals surface area contributed by atoms with Crippen LogP contribution in [0.5, 0.6) is 0 Å². The number of likely N-dealkylation sites (N-methyl/N-ethyl adjacent to an activating group) is 1. The van der Waals surface area contributed by atoms with E-state index in [0.717, 1.165) is 18.0 Å². The molecule has 1 N–H and O–H groups in total. The summed E-state index contributed by atoms with van der Waals surface area (Å²) in [5, 5.41) is 3.57. The molecule has 0 aromatic heterocycles. The summed E-state index contributed by atoms with van der Waals surface area (Å²) in [6.07, 6.45) is 10.0. The number of hydrogen-bond donors (Lipinski definition) is 1. The molecule has 1 heterocycles. The van der Waals surface area contributed by atoms with Crippen LogP contribution >= 0.6 is 0 Å². The van der Waals surface area contributed by atoms with Gasteiger partial charge in [0.15, 0.2) is 0 Å². The molecule has 0 aromatic rings. The first kappa shape index (κ1) is 12.4. The minimum absolute atomic E-state index is 0.745. The Morgan fingerprint density at radius 2 is 1.94 bits per heavy atom. The maximum absolute atomic E-state index is 3.57. The zero-order chi connectivity index (χ0) is 11.4. The second-order valence-electron chi connectivity index (χ2n) is 5.64. The molecule has 2 rings (SSSR count). The number of likely N-dealkylation sites (tertiary alicyclic amines) is 1. The van der Waals surface area contributed by atoms with Gasteiger partial charge in [-0.1, -0.05) is 19.8 Å². The standard InChI is InChI=1S/C14H28N2/c1-3-13-9-6-10-16(13)11-14(15-2)12-7-4-5-8-12/h12-15H,3-11H2,1-2H3. The van der Waals surface area contributed by atoms with Crippen molar-refractivity contribution in [1.82, 2.24) is 10.2 Å². The Morgan fingerprint density at radius 1 is 1.19 bits per heavy atom. The van der Waals surface area contributed by atoms with Crippen LogP contribution in [-0.2, 0) is 0 Å². The van der Waals surface area contributed by atoms with E-state index in [1.54, 1.807) is 0 Å². The first-order valence-electron chi connectivity index (χ1n) is 7.26. The number of nitrogens with one attached hydrogen (secondary N) is 1. The number of nitrogens with zero attached hydrogens (tertiary/aromatic N) is 1. The molecule has 0 aromatic carbocycles. The van der Waals surface area contributed by atoms with Crippen LogP contribution in [-0.4, -0.2) is 37.1 Å². The quantitative estimate of drug-likeness (QED) is 0.772. The minimum Gasteiger partial charge on any atom is -0.315 e. The molecule has 1 saturated heterocycles. The van der Waals surface area contributed by atoms with Gasteiger partial charge in [-0.25, -0.2) is 0 Å². The summed E-state index contributed by atoms with van der Waals surface area (Å²) in [6, 6.07) is 1.62. The Hall–Kier alpha value is -0.0800. The smallest absolute Gasteiger partial charge is 0.0220 e. The minimum atomic E-state index is 0.745. The van der Waals surface area contributed by atoms with Gasteiger partial charge in [0.1, 0.15) is 0 Å². The van der Waals surface area contributed by atoms with Crippen molar-refractivity contribution >= 4 is 0 Å². The van der Waals surface area contributed by atoms with E-state index in [-0.39, 0.29) is 0 Å².